The van der Waals surface area contributed by atoms with Crippen LogP contribution < -0.4 is 10.1 Å². The lowest BCUT2D eigenvalue weighted by Crippen LogP contribution is -2.23. The summed E-state index contributed by atoms with van der Waals surface area (Å²) in [4.78, 5) is 4.58. The van der Waals surface area contributed by atoms with E-state index in [9.17, 15) is 0 Å². The van der Waals surface area contributed by atoms with E-state index >= 15 is 0 Å². The first kappa shape index (κ1) is 16.0. The maximum absolute atomic E-state index is 5.91. The van der Waals surface area contributed by atoms with Crippen molar-refractivity contribution >= 4 is 0 Å². The van der Waals surface area contributed by atoms with Crippen LogP contribution in [-0.2, 0) is 6.54 Å². The van der Waals surface area contributed by atoms with Crippen LogP contribution in [-0.4, -0.2) is 17.6 Å². The molecular weight excluding hydrogens is 260 g/mol. The zero-order valence-electron chi connectivity index (χ0n) is 13.7. The number of aryl methyl sites for hydroxylation is 1. The van der Waals surface area contributed by atoms with E-state index in [0.717, 1.165) is 31.1 Å². The Hall–Kier alpha value is -1.35. The van der Waals surface area contributed by atoms with Gasteiger partial charge in [0.15, 0.2) is 0 Å². The third-order valence-electron chi connectivity index (χ3n) is 4.23. The monoisotopic (exact) mass is 288 g/mol. The second-order valence-electron chi connectivity index (χ2n) is 6.42. The molecule has 2 atom stereocenters. The highest BCUT2D eigenvalue weighted by molar-refractivity contribution is 5.25. The Morgan fingerprint density at radius 3 is 2.71 bits per heavy atom. The van der Waals surface area contributed by atoms with Gasteiger partial charge in [0, 0.05) is 24.3 Å². The number of allylic oxidation sites excluding steroid dienone is 2. The quantitative estimate of drug-likeness (QED) is 0.807. The van der Waals surface area contributed by atoms with Crippen molar-refractivity contribution in [2.75, 3.05) is 6.61 Å². The van der Waals surface area contributed by atoms with Crippen molar-refractivity contribution in [2.45, 2.75) is 53.1 Å². The van der Waals surface area contributed by atoms with Crippen LogP contribution in [0.25, 0.3) is 0 Å². The molecule has 1 aromatic heterocycles. The van der Waals surface area contributed by atoms with Crippen LogP contribution in [0.3, 0.4) is 0 Å². The molecule has 0 aromatic carbocycles. The van der Waals surface area contributed by atoms with E-state index in [1.165, 1.54) is 12.0 Å². The molecule has 2 unspecified atom stereocenters. The second-order valence-corrected chi connectivity index (χ2v) is 6.42. The van der Waals surface area contributed by atoms with Crippen molar-refractivity contribution in [3.63, 3.8) is 0 Å². The lowest BCUT2D eigenvalue weighted by molar-refractivity contribution is 0.192. The number of ether oxygens (including phenoxy) is 1. The first-order valence-electron chi connectivity index (χ1n) is 8.04. The van der Waals surface area contributed by atoms with Crippen molar-refractivity contribution in [3.05, 3.63) is 35.5 Å². The third kappa shape index (κ3) is 4.85. The Labute approximate surface area is 128 Å². The molecule has 3 heteroatoms. The van der Waals surface area contributed by atoms with Crippen molar-refractivity contribution in [2.24, 2.45) is 11.8 Å². The molecule has 1 heterocycles. The summed E-state index contributed by atoms with van der Waals surface area (Å²) in [5.41, 5.74) is 2.29. The van der Waals surface area contributed by atoms with E-state index in [0.29, 0.717) is 17.9 Å². The zero-order chi connectivity index (χ0) is 15.2. The van der Waals surface area contributed by atoms with Gasteiger partial charge in [-0.3, -0.25) is 0 Å². The number of hydrogen-bond donors (Lipinski definition) is 1. The van der Waals surface area contributed by atoms with Crippen LogP contribution in [0.2, 0.25) is 0 Å². The minimum absolute atomic E-state index is 0.487. The van der Waals surface area contributed by atoms with E-state index in [-0.39, 0.29) is 0 Å². The average molecular weight is 288 g/mol. The predicted molar refractivity (Wildman–Crippen MR) is 87.5 cm³/mol. The summed E-state index contributed by atoms with van der Waals surface area (Å²) in [6, 6.07) is 4.60. The maximum Gasteiger partial charge on any atom is 0.213 e. The van der Waals surface area contributed by atoms with Crippen molar-refractivity contribution < 1.29 is 4.74 Å². The highest BCUT2D eigenvalue weighted by Gasteiger charge is 2.19. The Balaban J connectivity index is 1.89. The highest BCUT2D eigenvalue weighted by Crippen LogP contribution is 2.25. The molecule has 0 bridgehead atoms. The highest BCUT2D eigenvalue weighted by atomic mass is 16.5. The molecule has 116 valence electrons. The van der Waals surface area contributed by atoms with Gasteiger partial charge < -0.3 is 10.1 Å². The van der Waals surface area contributed by atoms with Gasteiger partial charge in [-0.1, -0.05) is 39.0 Å². The maximum atomic E-state index is 5.91. The third-order valence-corrected chi connectivity index (χ3v) is 4.23. The SMILES string of the molecule is Cc1nc(OCC2CC=CCC2C)ccc1CNC(C)C. The molecule has 1 N–H and O–H groups in total. The number of hydrogen-bond acceptors (Lipinski definition) is 3. The van der Waals surface area contributed by atoms with Crippen molar-refractivity contribution in [1.82, 2.24) is 10.3 Å². The molecule has 0 fully saturated rings. The summed E-state index contributed by atoms with van der Waals surface area (Å²) in [5.74, 6) is 2.06. The fourth-order valence-corrected chi connectivity index (χ4v) is 2.58. The average Bonchev–Trinajstić information content (AvgIpc) is 2.45. The van der Waals surface area contributed by atoms with Crippen molar-refractivity contribution in [3.8, 4) is 5.88 Å². The first-order chi connectivity index (χ1) is 10.1. The summed E-state index contributed by atoms with van der Waals surface area (Å²) in [6.07, 6.45) is 6.84. The molecule has 1 aliphatic rings. The lowest BCUT2D eigenvalue weighted by atomic mass is 9.85. The summed E-state index contributed by atoms with van der Waals surface area (Å²) < 4.78 is 5.91. The number of aromatic nitrogens is 1. The van der Waals surface area contributed by atoms with Crippen LogP contribution in [0.4, 0.5) is 0 Å². The van der Waals surface area contributed by atoms with Gasteiger partial charge in [0.05, 0.1) is 6.61 Å². The molecule has 2 rings (SSSR count). The molecule has 21 heavy (non-hydrogen) atoms. The first-order valence-corrected chi connectivity index (χ1v) is 8.04. The number of nitrogens with zero attached hydrogens (tertiary/aromatic N) is 1. The fraction of sp³-hybridized carbons (Fsp3) is 0.611. The van der Waals surface area contributed by atoms with Gasteiger partial charge in [-0.2, -0.15) is 0 Å². The summed E-state index contributed by atoms with van der Waals surface area (Å²) in [7, 11) is 0. The molecular formula is C18H28N2O. The molecule has 0 saturated carbocycles. The van der Waals surface area contributed by atoms with Gasteiger partial charge in [-0.15, -0.1) is 0 Å². The van der Waals surface area contributed by atoms with E-state index in [4.69, 9.17) is 4.74 Å². The largest absolute Gasteiger partial charge is 0.477 e. The Morgan fingerprint density at radius 2 is 2.05 bits per heavy atom. The van der Waals surface area contributed by atoms with Gasteiger partial charge >= 0.3 is 0 Å². The minimum atomic E-state index is 0.487. The van der Waals surface area contributed by atoms with Crippen LogP contribution in [0.15, 0.2) is 24.3 Å². The summed E-state index contributed by atoms with van der Waals surface area (Å²) in [5, 5.41) is 3.42. The molecule has 0 amide bonds. The second kappa shape index (κ2) is 7.60. The smallest absolute Gasteiger partial charge is 0.213 e. The van der Waals surface area contributed by atoms with Crippen molar-refractivity contribution in [1.29, 1.82) is 0 Å². The molecule has 0 saturated heterocycles. The van der Waals surface area contributed by atoms with Gasteiger partial charge in [0.25, 0.3) is 0 Å². The van der Waals surface area contributed by atoms with E-state index in [1.54, 1.807) is 0 Å². The van der Waals surface area contributed by atoms with Crippen LogP contribution in [0.5, 0.6) is 5.88 Å². The summed E-state index contributed by atoms with van der Waals surface area (Å²) >= 11 is 0. The molecule has 1 aliphatic carbocycles. The fourth-order valence-electron chi connectivity index (χ4n) is 2.58. The van der Waals surface area contributed by atoms with Crippen LogP contribution >= 0.6 is 0 Å². The minimum Gasteiger partial charge on any atom is -0.477 e. The predicted octanol–water partition coefficient (Wildman–Crippen LogP) is 3.87. The number of rotatable bonds is 6. The van der Waals surface area contributed by atoms with E-state index in [1.807, 2.05) is 6.07 Å². The standard InChI is InChI=1S/C18H28N2O/c1-13(2)19-11-16-9-10-18(20-15(16)4)21-12-17-8-6-5-7-14(17)3/h5-6,9-10,13-14,17,19H,7-8,11-12H2,1-4H3. The van der Waals surface area contributed by atoms with Gasteiger partial charge in [-0.25, -0.2) is 4.98 Å². The van der Waals surface area contributed by atoms with Gasteiger partial charge in [0.2, 0.25) is 5.88 Å². The molecule has 3 nitrogen and oxygen atoms in total. The van der Waals surface area contributed by atoms with E-state index < -0.39 is 0 Å². The molecule has 0 spiro atoms. The molecule has 0 aliphatic heterocycles. The Bertz CT molecular complexity index is 482. The topological polar surface area (TPSA) is 34.1 Å². The molecule has 0 radical (unpaired) electrons. The Kier molecular flexibility index (Phi) is 5.80. The number of pyridine rings is 1. The number of nitrogens with one attached hydrogen (secondary N) is 1. The van der Waals surface area contributed by atoms with Crippen LogP contribution in [0, 0.1) is 18.8 Å². The van der Waals surface area contributed by atoms with Crippen LogP contribution in [0.1, 0.15) is 44.9 Å². The Morgan fingerprint density at radius 1 is 1.29 bits per heavy atom. The van der Waals surface area contributed by atoms with Gasteiger partial charge in [0.1, 0.15) is 0 Å². The normalized spacial score (nSPS) is 21.8. The lowest BCUT2D eigenvalue weighted by Gasteiger charge is -2.25. The van der Waals surface area contributed by atoms with Gasteiger partial charge in [-0.05, 0) is 37.2 Å². The molecule has 1 aromatic rings. The van der Waals surface area contributed by atoms with E-state index in [2.05, 4.69) is 56.2 Å². The summed E-state index contributed by atoms with van der Waals surface area (Å²) in [6.45, 7) is 10.3. The zero-order valence-corrected chi connectivity index (χ0v) is 13.7.